The number of hydrogen-bond donors (Lipinski definition) is 1. The van der Waals surface area contributed by atoms with Crippen LogP contribution >= 0.6 is 15.9 Å². The number of piperidine rings is 1. The molecule has 0 saturated carbocycles. The van der Waals surface area contributed by atoms with Gasteiger partial charge in [0, 0.05) is 29.7 Å². The average Bonchev–Trinajstić information content (AvgIpc) is 2.53. The summed E-state index contributed by atoms with van der Waals surface area (Å²) >= 11 is 3.45. The zero-order valence-electron chi connectivity index (χ0n) is 14.9. The summed E-state index contributed by atoms with van der Waals surface area (Å²) in [6.07, 6.45) is 4.50. The highest BCUT2D eigenvalue weighted by molar-refractivity contribution is 9.10. The van der Waals surface area contributed by atoms with Crippen molar-refractivity contribution in [3.05, 3.63) is 40.4 Å². The number of carbonyl (C=O) groups is 2. The fraction of sp³-hybridized carbons (Fsp3) is 0.474. The van der Waals surface area contributed by atoms with Crippen molar-refractivity contribution in [3.63, 3.8) is 0 Å². The molecule has 0 radical (unpaired) electrons. The highest BCUT2D eigenvalue weighted by atomic mass is 79.9. The Morgan fingerprint density at radius 3 is 2.48 bits per heavy atom. The Kier molecular flexibility index (Phi) is 6.64. The Balaban J connectivity index is 1.79. The molecule has 0 unspecified atom stereocenters. The molecule has 2 rings (SSSR count). The van der Waals surface area contributed by atoms with Crippen molar-refractivity contribution in [2.75, 3.05) is 13.1 Å². The SMILES string of the molecule is CC(C)(C)OC(=O)N1CCC(NC(=O)C=Cc2ccccc2Br)CC1. The number of carbonyl (C=O) groups excluding carboxylic acids is 2. The quantitative estimate of drug-likeness (QED) is 0.769. The third kappa shape index (κ3) is 6.53. The number of rotatable bonds is 3. The second kappa shape index (κ2) is 8.52. The molecule has 1 N–H and O–H groups in total. The van der Waals surface area contributed by atoms with Crippen molar-refractivity contribution in [2.24, 2.45) is 0 Å². The second-order valence-corrected chi connectivity index (χ2v) is 7.96. The minimum Gasteiger partial charge on any atom is -0.444 e. The van der Waals surface area contributed by atoms with Gasteiger partial charge in [-0.2, -0.15) is 0 Å². The van der Waals surface area contributed by atoms with Crippen LogP contribution in [0.4, 0.5) is 4.79 Å². The molecule has 1 fully saturated rings. The highest BCUT2D eigenvalue weighted by Gasteiger charge is 2.27. The zero-order valence-corrected chi connectivity index (χ0v) is 16.5. The van der Waals surface area contributed by atoms with Crippen LogP contribution in [-0.2, 0) is 9.53 Å². The number of amides is 2. The Morgan fingerprint density at radius 2 is 1.88 bits per heavy atom. The topological polar surface area (TPSA) is 58.6 Å². The molecule has 1 aromatic carbocycles. The lowest BCUT2D eigenvalue weighted by atomic mass is 10.1. The summed E-state index contributed by atoms with van der Waals surface area (Å²) in [5.74, 6) is -0.119. The van der Waals surface area contributed by atoms with Gasteiger partial charge in [0.05, 0.1) is 0 Å². The molecular formula is C19H25BrN2O3. The van der Waals surface area contributed by atoms with Crippen LogP contribution in [0.15, 0.2) is 34.8 Å². The monoisotopic (exact) mass is 408 g/mol. The highest BCUT2D eigenvalue weighted by Crippen LogP contribution is 2.18. The van der Waals surface area contributed by atoms with Crippen LogP contribution in [0.2, 0.25) is 0 Å². The fourth-order valence-corrected chi connectivity index (χ4v) is 2.97. The van der Waals surface area contributed by atoms with Crippen molar-refractivity contribution in [3.8, 4) is 0 Å². The molecule has 0 aliphatic carbocycles. The van der Waals surface area contributed by atoms with Gasteiger partial charge in [-0.3, -0.25) is 4.79 Å². The van der Waals surface area contributed by atoms with E-state index in [0.717, 1.165) is 22.9 Å². The molecule has 0 aromatic heterocycles. The molecule has 2 amide bonds. The van der Waals surface area contributed by atoms with Gasteiger partial charge in [-0.05, 0) is 51.3 Å². The van der Waals surface area contributed by atoms with Crippen molar-refractivity contribution >= 4 is 34.0 Å². The minimum absolute atomic E-state index is 0.0788. The van der Waals surface area contributed by atoms with Crippen molar-refractivity contribution < 1.29 is 14.3 Å². The summed E-state index contributed by atoms with van der Waals surface area (Å²) in [5, 5.41) is 3.00. The second-order valence-electron chi connectivity index (χ2n) is 7.11. The van der Waals surface area contributed by atoms with Gasteiger partial charge in [0.2, 0.25) is 5.91 Å². The largest absolute Gasteiger partial charge is 0.444 e. The van der Waals surface area contributed by atoms with Crippen molar-refractivity contribution in [2.45, 2.75) is 45.3 Å². The van der Waals surface area contributed by atoms with E-state index < -0.39 is 5.60 Å². The molecule has 1 aromatic rings. The molecular weight excluding hydrogens is 384 g/mol. The van der Waals surface area contributed by atoms with E-state index >= 15 is 0 Å². The summed E-state index contributed by atoms with van der Waals surface area (Å²) in [4.78, 5) is 25.8. The number of benzene rings is 1. The van der Waals surface area contributed by atoms with Crippen LogP contribution in [0.3, 0.4) is 0 Å². The number of ether oxygens (including phenoxy) is 1. The maximum Gasteiger partial charge on any atom is 0.410 e. The van der Waals surface area contributed by atoms with Crippen LogP contribution in [0.1, 0.15) is 39.2 Å². The van der Waals surface area contributed by atoms with E-state index in [4.69, 9.17) is 4.74 Å². The number of likely N-dealkylation sites (tertiary alicyclic amines) is 1. The van der Waals surface area contributed by atoms with E-state index in [1.54, 1.807) is 17.1 Å². The average molecular weight is 409 g/mol. The summed E-state index contributed by atoms with van der Waals surface area (Å²) in [6.45, 7) is 6.75. The Labute approximate surface area is 157 Å². The molecule has 1 aliphatic heterocycles. The smallest absolute Gasteiger partial charge is 0.410 e. The van der Waals surface area contributed by atoms with Crippen LogP contribution < -0.4 is 5.32 Å². The van der Waals surface area contributed by atoms with Crippen molar-refractivity contribution in [1.82, 2.24) is 10.2 Å². The molecule has 25 heavy (non-hydrogen) atoms. The van der Waals surface area contributed by atoms with E-state index in [1.807, 2.05) is 45.0 Å². The first-order chi connectivity index (χ1) is 11.7. The molecule has 1 aliphatic rings. The molecule has 6 heteroatoms. The van der Waals surface area contributed by atoms with Crippen LogP contribution in [-0.4, -0.2) is 41.6 Å². The lowest BCUT2D eigenvalue weighted by Crippen LogP contribution is -2.47. The molecule has 136 valence electrons. The molecule has 1 heterocycles. The van der Waals surface area contributed by atoms with E-state index in [2.05, 4.69) is 21.2 Å². The van der Waals surface area contributed by atoms with Crippen molar-refractivity contribution in [1.29, 1.82) is 0 Å². The first-order valence-electron chi connectivity index (χ1n) is 8.45. The van der Waals surface area contributed by atoms with E-state index in [1.165, 1.54) is 0 Å². The minimum atomic E-state index is -0.487. The van der Waals surface area contributed by atoms with Gasteiger partial charge >= 0.3 is 6.09 Å². The third-order valence-corrected chi connectivity index (χ3v) is 4.53. The van der Waals surface area contributed by atoms with Gasteiger partial charge in [0.15, 0.2) is 0 Å². The number of hydrogen-bond acceptors (Lipinski definition) is 3. The summed E-state index contributed by atoms with van der Waals surface area (Å²) < 4.78 is 6.33. The maximum atomic E-state index is 12.1. The normalized spacial score (nSPS) is 16.1. The van der Waals surface area contributed by atoms with E-state index in [-0.39, 0.29) is 18.0 Å². The first-order valence-corrected chi connectivity index (χ1v) is 9.25. The van der Waals surface area contributed by atoms with Gasteiger partial charge < -0.3 is 15.0 Å². The fourth-order valence-electron chi connectivity index (χ4n) is 2.56. The van der Waals surface area contributed by atoms with Gasteiger partial charge in [0.1, 0.15) is 5.60 Å². The standard InChI is InChI=1S/C19H25BrN2O3/c1-19(2,3)25-18(24)22-12-10-15(11-13-22)21-17(23)9-8-14-6-4-5-7-16(14)20/h4-9,15H,10-13H2,1-3H3,(H,21,23). The summed E-state index contributed by atoms with van der Waals surface area (Å²) in [6, 6.07) is 7.81. The number of nitrogens with zero attached hydrogens (tertiary/aromatic N) is 1. The van der Waals surface area contributed by atoms with Gasteiger partial charge in [0.25, 0.3) is 0 Å². The number of halogens is 1. The zero-order chi connectivity index (χ0) is 18.4. The van der Waals surface area contributed by atoms with Gasteiger partial charge in [-0.15, -0.1) is 0 Å². The van der Waals surface area contributed by atoms with E-state index in [9.17, 15) is 9.59 Å². The van der Waals surface area contributed by atoms with E-state index in [0.29, 0.717) is 13.1 Å². The Bertz CT molecular complexity index is 644. The van der Waals surface area contributed by atoms with Gasteiger partial charge in [-0.25, -0.2) is 4.79 Å². The molecule has 0 bridgehead atoms. The lowest BCUT2D eigenvalue weighted by molar-refractivity contribution is -0.117. The predicted molar refractivity (Wildman–Crippen MR) is 102 cm³/mol. The number of nitrogens with one attached hydrogen (secondary N) is 1. The van der Waals surface area contributed by atoms with Crippen LogP contribution in [0.25, 0.3) is 6.08 Å². The van der Waals surface area contributed by atoms with Gasteiger partial charge in [-0.1, -0.05) is 34.1 Å². The lowest BCUT2D eigenvalue weighted by Gasteiger charge is -2.33. The first kappa shape index (κ1) is 19.5. The Morgan fingerprint density at radius 1 is 1.24 bits per heavy atom. The summed E-state index contributed by atoms with van der Waals surface area (Å²) in [5.41, 5.74) is 0.468. The summed E-state index contributed by atoms with van der Waals surface area (Å²) in [7, 11) is 0. The Hall–Kier alpha value is -1.82. The molecule has 0 atom stereocenters. The molecule has 1 saturated heterocycles. The molecule has 0 spiro atoms. The van der Waals surface area contributed by atoms with Crippen LogP contribution in [0, 0.1) is 0 Å². The maximum absolute atomic E-state index is 12.1. The predicted octanol–water partition coefficient (Wildman–Crippen LogP) is 3.98. The molecule has 5 nitrogen and oxygen atoms in total. The third-order valence-electron chi connectivity index (χ3n) is 3.81. The van der Waals surface area contributed by atoms with Crippen LogP contribution in [0.5, 0.6) is 0 Å².